The SMILES string of the molecule is CCNC(=O)[C@@H](Cc1ccccc1)N(Cc1cccc(OC)c1)C(=O)CSCc1cccc(Cl)c1. The lowest BCUT2D eigenvalue weighted by molar-refractivity contribution is -0.139. The molecule has 0 bridgehead atoms. The largest absolute Gasteiger partial charge is 0.497 e. The summed E-state index contributed by atoms with van der Waals surface area (Å²) in [5, 5.41) is 3.59. The molecule has 0 spiro atoms. The van der Waals surface area contributed by atoms with E-state index < -0.39 is 6.04 Å². The molecule has 0 fully saturated rings. The van der Waals surface area contributed by atoms with Crippen molar-refractivity contribution in [3.05, 3.63) is 101 Å². The summed E-state index contributed by atoms with van der Waals surface area (Å²) in [7, 11) is 1.61. The van der Waals surface area contributed by atoms with Gasteiger partial charge in [0.25, 0.3) is 0 Å². The van der Waals surface area contributed by atoms with Crippen LogP contribution in [0.2, 0.25) is 5.02 Å². The molecule has 0 radical (unpaired) electrons. The number of nitrogens with one attached hydrogen (secondary N) is 1. The van der Waals surface area contributed by atoms with Crippen molar-refractivity contribution < 1.29 is 14.3 Å². The predicted octanol–water partition coefficient (Wildman–Crippen LogP) is 5.36. The molecule has 35 heavy (non-hydrogen) atoms. The molecule has 0 aliphatic heterocycles. The van der Waals surface area contributed by atoms with Gasteiger partial charge in [0.2, 0.25) is 11.8 Å². The van der Waals surface area contributed by atoms with E-state index in [1.165, 1.54) is 11.8 Å². The van der Waals surface area contributed by atoms with E-state index in [-0.39, 0.29) is 17.6 Å². The molecule has 3 rings (SSSR count). The summed E-state index contributed by atoms with van der Waals surface area (Å²) in [5.41, 5.74) is 2.96. The molecule has 2 amide bonds. The number of carbonyl (C=O) groups is 2. The molecule has 1 atom stereocenters. The van der Waals surface area contributed by atoms with Gasteiger partial charge >= 0.3 is 0 Å². The average Bonchev–Trinajstić information content (AvgIpc) is 2.87. The third-order valence-electron chi connectivity index (χ3n) is 5.49. The molecule has 3 aromatic rings. The molecule has 5 nitrogen and oxygen atoms in total. The quantitative estimate of drug-likeness (QED) is 0.356. The van der Waals surface area contributed by atoms with Crippen LogP contribution >= 0.6 is 23.4 Å². The summed E-state index contributed by atoms with van der Waals surface area (Å²) in [6, 6.07) is 24.4. The van der Waals surface area contributed by atoms with Crippen molar-refractivity contribution in [2.45, 2.75) is 31.7 Å². The highest BCUT2D eigenvalue weighted by atomic mass is 35.5. The average molecular weight is 511 g/mol. The van der Waals surface area contributed by atoms with E-state index in [0.29, 0.717) is 36.0 Å². The molecule has 0 heterocycles. The number of rotatable bonds is 12. The molecule has 3 aromatic carbocycles. The number of ether oxygens (including phenoxy) is 1. The fourth-order valence-electron chi connectivity index (χ4n) is 3.78. The first-order chi connectivity index (χ1) is 17.0. The molecule has 0 saturated carbocycles. The summed E-state index contributed by atoms with van der Waals surface area (Å²) in [5.74, 6) is 1.37. The Morgan fingerprint density at radius 2 is 1.69 bits per heavy atom. The predicted molar refractivity (Wildman–Crippen MR) is 144 cm³/mol. The zero-order valence-electron chi connectivity index (χ0n) is 20.1. The van der Waals surface area contributed by atoms with Crippen molar-refractivity contribution in [3.8, 4) is 5.75 Å². The minimum Gasteiger partial charge on any atom is -0.497 e. The fraction of sp³-hybridized carbons (Fsp3) is 0.286. The highest BCUT2D eigenvalue weighted by Crippen LogP contribution is 2.21. The lowest BCUT2D eigenvalue weighted by atomic mass is 10.0. The number of nitrogens with zero attached hydrogens (tertiary/aromatic N) is 1. The van der Waals surface area contributed by atoms with E-state index in [4.69, 9.17) is 16.3 Å². The number of halogens is 1. The molecule has 7 heteroatoms. The Hall–Kier alpha value is -2.96. The minimum atomic E-state index is -0.636. The summed E-state index contributed by atoms with van der Waals surface area (Å²) in [4.78, 5) is 28.4. The Balaban J connectivity index is 1.84. The van der Waals surface area contributed by atoms with Gasteiger partial charge in [-0.2, -0.15) is 0 Å². The van der Waals surface area contributed by atoms with Gasteiger partial charge in [0.1, 0.15) is 11.8 Å². The van der Waals surface area contributed by atoms with Gasteiger partial charge in [-0.3, -0.25) is 9.59 Å². The number of carbonyl (C=O) groups excluding carboxylic acids is 2. The normalized spacial score (nSPS) is 11.5. The molecule has 0 unspecified atom stereocenters. The number of hydrogen-bond donors (Lipinski definition) is 1. The third-order valence-corrected chi connectivity index (χ3v) is 6.72. The molecular weight excluding hydrogens is 480 g/mol. The van der Waals surface area contributed by atoms with E-state index in [2.05, 4.69) is 5.32 Å². The molecule has 0 saturated heterocycles. The van der Waals surface area contributed by atoms with Crippen LogP contribution in [0.3, 0.4) is 0 Å². The minimum absolute atomic E-state index is 0.0907. The molecule has 0 aliphatic carbocycles. The van der Waals surface area contributed by atoms with E-state index in [1.54, 1.807) is 12.0 Å². The molecular formula is C28H31ClN2O3S. The maximum Gasteiger partial charge on any atom is 0.243 e. The van der Waals surface area contributed by atoms with Crippen molar-refractivity contribution >= 4 is 35.2 Å². The number of hydrogen-bond acceptors (Lipinski definition) is 4. The van der Waals surface area contributed by atoms with Crippen LogP contribution in [-0.4, -0.2) is 42.2 Å². The fourth-order valence-corrected chi connectivity index (χ4v) is 4.85. The maximum absolute atomic E-state index is 13.6. The second kappa shape index (κ2) is 13.8. The van der Waals surface area contributed by atoms with Gasteiger partial charge in [-0.1, -0.05) is 66.2 Å². The second-order valence-corrected chi connectivity index (χ2v) is 9.52. The van der Waals surface area contributed by atoms with Crippen LogP contribution in [0.1, 0.15) is 23.6 Å². The van der Waals surface area contributed by atoms with Gasteiger partial charge in [0.05, 0.1) is 12.9 Å². The van der Waals surface area contributed by atoms with E-state index in [1.807, 2.05) is 85.8 Å². The Labute approximate surface area is 216 Å². The summed E-state index contributed by atoms with van der Waals surface area (Å²) in [6.45, 7) is 2.68. The molecule has 184 valence electrons. The van der Waals surface area contributed by atoms with E-state index >= 15 is 0 Å². The molecule has 0 aliphatic rings. The first-order valence-corrected chi connectivity index (χ1v) is 13.1. The second-order valence-electron chi connectivity index (χ2n) is 8.10. The number of benzene rings is 3. The van der Waals surface area contributed by atoms with Gasteiger partial charge in [0.15, 0.2) is 0 Å². The van der Waals surface area contributed by atoms with Crippen LogP contribution in [0.25, 0.3) is 0 Å². The lowest BCUT2D eigenvalue weighted by Crippen LogP contribution is -2.51. The Morgan fingerprint density at radius 1 is 0.971 bits per heavy atom. The zero-order chi connectivity index (χ0) is 25.0. The van der Waals surface area contributed by atoms with Gasteiger partial charge < -0.3 is 15.0 Å². The standard InChI is InChI=1S/C28H31ClN2O3S/c1-3-30-28(33)26(17-21-9-5-4-6-10-21)31(18-22-11-8-14-25(16-22)34-2)27(32)20-35-19-23-12-7-13-24(29)15-23/h4-16,26H,3,17-20H2,1-2H3,(H,30,33)/t26-/m1/s1. The highest BCUT2D eigenvalue weighted by molar-refractivity contribution is 7.99. The summed E-state index contributed by atoms with van der Waals surface area (Å²) < 4.78 is 5.36. The van der Waals surface area contributed by atoms with Crippen LogP contribution in [-0.2, 0) is 28.3 Å². The zero-order valence-corrected chi connectivity index (χ0v) is 21.6. The Kier molecular flexibility index (Phi) is 10.5. The third kappa shape index (κ3) is 8.34. The first kappa shape index (κ1) is 26.6. The first-order valence-electron chi connectivity index (χ1n) is 11.6. The topological polar surface area (TPSA) is 58.6 Å². The van der Waals surface area contributed by atoms with Crippen LogP contribution in [0.15, 0.2) is 78.9 Å². The number of likely N-dealkylation sites (N-methyl/N-ethyl adjacent to an activating group) is 1. The van der Waals surface area contributed by atoms with Crippen LogP contribution in [0.4, 0.5) is 0 Å². The maximum atomic E-state index is 13.6. The van der Waals surface area contributed by atoms with Crippen LogP contribution < -0.4 is 10.1 Å². The monoisotopic (exact) mass is 510 g/mol. The summed E-state index contributed by atoms with van der Waals surface area (Å²) >= 11 is 7.61. The van der Waals surface area contributed by atoms with E-state index in [9.17, 15) is 9.59 Å². The molecule has 1 N–H and O–H groups in total. The smallest absolute Gasteiger partial charge is 0.243 e. The number of amides is 2. The van der Waals surface area contributed by atoms with Gasteiger partial charge in [-0.15, -0.1) is 11.8 Å². The summed E-state index contributed by atoms with van der Waals surface area (Å²) in [6.07, 6.45) is 0.432. The van der Waals surface area contributed by atoms with E-state index in [0.717, 1.165) is 16.7 Å². The van der Waals surface area contributed by atoms with Crippen molar-refractivity contribution in [3.63, 3.8) is 0 Å². The van der Waals surface area contributed by atoms with Gasteiger partial charge in [0, 0.05) is 30.3 Å². The van der Waals surface area contributed by atoms with Crippen LogP contribution in [0.5, 0.6) is 5.75 Å². The van der Waals surface area contributed by atoms with Gasteiger partial charge in [-0.05, 0) is 47.9 Å². The van der Waals surface area contributed by atoms with Gasteiger partial charge in [-0.25, -0.2) is 0 Å². The highest BCUT2D eigenvalue weighted by Gasteiger charge is 2.30. The van der Waals surface area contributed by atoms with Crippen LogP contribution in [0, 0.1) is 0 Å². The van der Waals surface area contributed by atoms with Crippen molar-refractivity contribution in [2.24, 2.45) is 0 Å². The van der Waals surface area contributed by atoms with Crippen molar-refractivity contribution in [1.82, 2.24) is 10.2 Å². The number of thioether (sulfide) groups is 1. The van der Waals surface area contributed by atoms with Crippen molar-refractivity contribution in [2.75, 3.05) is 19.4 Å². The Bertz CT molecular complexity index is 1110. The molecule has 0 aromatic heterocycles. The lowest BCUT2D eigenvalue weighted by Gasteiger charge is -2.31. The number of methoxy groups -OCH3 is 1. The Morgan fingerprint density at radius 3 is 2.40 bits per heavy atom. The van der Waals surface area contributed by atoms with Crippen molar-refractivity contribution in [1.29, 1.82) is 0 Å².